The average molecular weight is 508 g/mol. The Hall–Kier alpha value is -1.94. The lowest BCUT2D eigenvalue weighted by atomic mass is 10.1. The summed E-state index contributed by atoms with van der Waals surface area (Å²) in [6.07, 6.45) is 4.77. The van der Waals surface area contributed by atoms with Gasteiger partial charge in [0, 0.05) is 23.6 Å². The lowest BCUT2D eigenvalue weighted by molar-refractivity contribution is -0.0368. The maximum atomic E-state index is 6.34. The molecule has 0 aliphatic carbocycles. The monoisotopic (exact) mass is 508 g/mol. The van der Waals surface area contributed by atoms with Gasteiger partial charge in [-0.3, -0.25) is 0 Å². The molecule has 0 radical (unpaired) electrons. The van der Waals surface area contributed by atoms with Crippen LogP contribution in [0.4, 0.5) is 0 Å². The van der Waals surface area contributed by atoms with Gasteiger partial charge in [-0.1, -0.05) is 0 Å². The van der Waals surface area contributed by atoms with Gasteiger partial charge in [0.2, 0.25) is 0 Å². The molecule has 0 bridgehead atoms. The van der Waals surface area contributed by atoms with E-state index in [9.17, 15) is 0 Å². The van der Waals surface area contributed by atoms with E-state index in [-0.39, 0.29) is 12.3 Å². The fraction of sp³-hybridized carbons (Fsp3) is 0.476. The minimum atomic E-state index is -0.189. The fourth-order valence-corrected chi connectivity index (χ4v) is 4.63. The van der Waals surface area contributed by atoms with Crippen molar-refractivity contribution < 1.29 is 14.2 Å². The Morgan fingerprint density at radius 3 is 2.76 bits per heavy atom. The van der Waals surface area contributed by atoms with Crippen LogP contribution in [-0.2, 0) is 4.74 Å². The first-order chi connectivity index (χ1) is 14.0. The van der Waals surface area contributed by atoms with Crippen LogP contribution in [0.25, 0.3) is 10.9 Å². The molecular formula is C21H25IN4O3. The third kappa shape index (κ3) is 3.92. The van der Waals surface area contributed by atoms with Crippen LogP contribution in [-0.4, -0.2) is 33.7 Å². The summed E-state index contributed by atoms with van der Waals surface area (Å²) in [4.78, 5) is 0. The van der Waals surface area contributed by atoms with Gasteiger partial charge >= 0.3 is 0 Å². The number of aromatic nitrogens is 4. The van der Waals surface area contributed by atoms with Crippen molar-refractivity contribution in [2.75, 3.05) is 13.7 Å². The topological polar surface area (TPSA) is 71.3 Å². The molecule has 8 heteroatoms. The molecule has 1 aromatic carbocycles. The Balaban J connectivity index is 1.72. The van der Waals surface area contributed by atoms with Crippen LogP contribution in [0, 0.1) is 17.5 Å². The predicted molar refractivity (Wildman–Crippen MR) is 118 cm³/mol. The van der Waals surface area contributed by atoms with Crippen molar-refractivity contribution >= 4 is 33.5 Å². The zero-order chi connectivity index (χ0) is 20.5. The van der Waals surface area contributed by atoms with E-state index in [1.165, 1.54) is 0 Å². The molecule has 1 aliphatic rings. The van der Waals surface area contributed by atoms with Gasteiger partial charge in [-0.05, 0) is 74.3 Å². The number of halogens is 1. The van der Waals surface area contributed by atoms with Gasteiger partial charge in [0.05, 0.1) is 24.5 Å². The average Bonchev–Trinajstić information content (AvgIpc) is 3.03. The Kier molecular flexibility index (Phi) is 5.91. The second-order valence-corrected chi connectivity index (χ2v) is 8.39. The summed E-state index contributed by atoms with van der Waals surface area (Å²) < 4.78 is 20.9. The van der Waals surface area contributed by atoms with Gasteiger partial charge in [-0.2, -0.15) is 15.3 Å². The van der Waals surface area contributed by atoms with E-state index in [1.807, 2.05) is 37.6 Å². The quantitative estimate of drug-likeness (QED) is 0.457. The minimum absolute atomic E-state index is 0.0293. The molecule has 1 saturated heterocycles. The number of aryl methyl sites for hydroxylation is 2. The highest BCUT2D eigenvalue weighted by molar-refractivity contribution is 14.1. The summed E-state index contributed by atoms with van der Waals surface area (Å²) in [5, 5.41) is 14.0. The number of hydrogen-bond donors (Lipinski definition) is 0. The van der Waals surface area contributed by atoms with Crippen LogP contribution in [0.2, 0.25) is 0 Å². The van der Waals surface area contributed by atoms with Gasteiger partial charge in [0.15, 0.2) is 17.7 Å². The molecule has 3 aromatic rings. The predicted octanol–water partition coefficient (Wildman–Crippen LogP) is 4.90. The van der Waals surface area contributed by atoms with Crippen LogP contribution in [0.3, 0.4) is 0 Å². The van der Waals surface area contributed by atoms with Crippen molar-refractivity contribution in [2.24, 2.45) is 0 Å². The lowest BCUT2D eigenvalue weighted by Crippen LogP contribution is -2.19. The van der Waals surface area contributed by atoms with E-state index in [4.69, 9.17) is 19.3 Å². The molecule has 0 spiro atoms. The molecule has 2 atom stereocenters. The molecular weight excluding hydrogens is 483 g/mol. The van der Waals surface area contributed by atoms with Crippen LogP contribution in [0.15, 0.2) is 18.3 Å². The van der Waals surface area contributed by atoms with Gasteiger partial charge < -0.3 is 14.2 Å². The maximum Gasteiger partial charge on any atom is 0.162 e. The summed E-state index contributed by atoms with van der Waals surface area (Å²) in [5.41, 5.74) is 3.97. The van der Waals surface area contributed by atoms with Crippen molar-refractivity contribution in [1.29, 1.82) is 0 Å². The number of rotatable bonds is 5. The molecule has 0 saturated carbocycles. The molecule has 4 rings (SSSR count). The second-order valence-electron chi connectivity index (χ2n) is 7.36. The van der Waals surface area contributed by atoms with E-state index >= 15 is 0 Å². The summed E-state index contributed by atoms with van der Waals surface area (Å²) in [7, 11) is 1.66. The summed E-state index contributed by atoms with van der Waals surface area (Å²) in [5.74, 6) is 1.36. The normalized spacial score (nSPS) is 18.0. The van der Waals surface area contributed by atoms with E-state index in [1.54, 1.807) is 13.3 Å². The van der Waals surface area contributed by atoms with E-state index in [0.717, 1.165) is 57.3 Å². The smallest absolute Gasteiger partial charge is 0.162 e. The minimum Gasteiger partial charge on any atom is -0.493 e. The van der Waals surface area contributed by atoms with Crippen molar-refractivity contribution in [1.82, 2.24) is 20.0 Å². The Morgan fingerprint density at radius 2 is 2.07 bits per heavy atom. The molecule has 0 amide bonds. The molecule has 7 nitrogen and oxygen atoms in total. The van der Waals surface area contributed by atoms with Gasteiger partial charge in [-0.25, -0.2) is 4.68 Å². The molecule has 2 aromatic heterocycles. The van der Waals surface area contributed by atoms with Gasteiger partial charge in [0.25, 0.3) is 0 Å². The lowest BCUT2D eigenvalue weighted by Gasteiger charge is -2.24. The first-order valence-corrected chi connectivity index (χ1v) is 10.9. The molecule has 0 N–H and O–H groups in total. The van der Waals surface area contributed by atoms with E-state index in [0.29, 0.717) is 11.5 Å². The van der Waals surface area contributed by atoms with Crippen LogP contribution >= 0.6 is 22.6 Å². The Bertz CT molecular complexity index is 1010. The number of ether oxygens (including phenoxy) is 3. The molecule has 1 fully saturated rings. The fourth-order valence-electron chi connectivity index (χ4n) is 3.97. The summed E-state index contributed by atoms with van der Waals surface area (Å²) in [6, 6.07) is 4.01. The van der Waals surface area contributed by atoms with Crippen molar-refractivity contribution in [3.8, 4) is 11.5 Å². The van der Waals surface area contributed by atoms with Gasteiger partial charge in [0.1, 0.15) is 9.80 Å². The maximum absolute atomic E-state index is 6.34. The summed E-state index contributed by atoms with van der Waals surface area (Å²) in [6.45, 7) is 6.77. The molecule has 1 unspecified atom stereocenters. The number of benzene rings is 1. The zero-order valence-electron chi connectivity index (χ0n) is 17.1. The van der Waals surface area contributed by atoms with Crippen molar-refractivity contribution in [3.05, 3.63) is 38.9 Å². The van der Waals surface area contributed by atoms with Crippen LogP contribution < -0.4 is 9.47 Å². The number of methoxy groups -OCH3 is 1. The Morgan fingerprint density at radius 1 is 1.24 bits per heavy atom. The highest BCUT2D eigenvalue weighted by Gasteiger charge is 2.23. The molecule has 154 valence electrons. The first kappa shape index (κ1) is 20.3. The number of nitrogens with zero attached hydrogens (tertiary/aromatic N) is 4. The third-order valence-electron chi connectivity index (χ3n) is 5.36. The molecule has 29 heavy (non-hydrogen) atoms. The largest absolute Gasteiger partial charge is 0.493 e. The van der Waals surface area contributed by atoms with Crippen molar-refractivity contribution in [2.45, 2.75) is 52.4 Å². The summed E-state index contributed by atoms with van der Waals surface area (Å²) >= 11 is 2.27. The first-order valence-electron chi connectivity index (χ1n) is 9.82. The third-order valence-corrected chi connectivity index (χ3v) is 6.16. The van der Waals surface area contributed by atoms with Crippen LogP contribution in [0.1, 0.15) is 55.3 Å². The standard InChI is InChI=1S/C21H25IN4O3/c1-12-11-23-24-13(2)20(12)14(3)29-18-9-15-16(10-17(18)27-4)26(25-21(15)22)19-7-5-6-8-28-19/h9-11,14,19H,5-8H2,1-4H3/t14-,19?/m0/s1. The SMILES string of the molecule is COc1cc2c(cc1O[C@@H](C)c1c(C)cnnc1C)c(I)nn2C1CCCCO1. The second kappa shape index (κ2) is 8.43. The van der Waals surface area contributed by atoms with Crippen molar-refractivity contribution in [3.63, 3.8) is 0 Å². The number of fused-ring (bicyclic) bond motifs is 1. The highest BCUT2D eigenvalue weighted by Crippen LogP contribution is 2.39. The zero-order valence-corrected chi connectivity index (χ0v) is 19.3. The van der Waals surface area contributed by atoms with E-state index in [2.05, 4.69) is 32.8 Å². The highest BCUT2D eigenvalue weighted by atomic mass is 127. The number of hydrogen-bond acceptors (Lipinski definition) is 6. The van der Waals surface area contributed by atoms with Gasteiger partial charge in [-0.15, -0.1) is 0 Å². The Labute approximate surface area is 183 Å². The van der Waals surface area contributed by atoms with E-state index < -0.39 is 0 Å². The van der Waals surface area contributed by atoms with Crippen LogP contribution in [0.5, 0.6) is 11.5 Å². The molecule has 3 heterocycles. The molecule has 1 aliphatic heterocycles.